The Morgan fingerprint density at radius 1 is 1.36 bits per heavy atom. The molecule has 0 bridgehead atoms. The number of rotatable bonds is 3. The Bertz CT molecular complexity index is 252. The summed E-state index contributed by atoms with van der Waals surface area (Å²) in [7, 11) is 0. The predicted molar refractivity (Wildman–Crippen MR) is 44.3 cm³/mol. The lowest BCUT2D eigenvalue weighted by molar-refractivity contribution is -0.109. The molecule has 0 aliphatic carbocycles. The van der Waals surface area contributed by atoms with Crippen LogP contribution in [0, 0.1) is 0 Å². The maximum absolute atomic E-state index is 9.87. The van der Waals surface area contributed by atoms with Crippen molar-refractivity contribution < 1.29 is 4.79 Å². The van der Waals surface area contributed by atoms with Crippen LogP contribution < -0.4 is 10.9 Å². The van der Waals surface area contributed by atoms with Crippen molar-refractivity contribution >= 4 is 23.7 Å². The maximum atomic E-state index is 9.87. The van der Waals surface area contributed by atoms with Gasteiger partial charge in [0.2, 0.25) is 6.41 Å². The molecule has 0 aromatic heterocycles. The summed E-state index contributed by atoms with van der Waals surface area (Å²) in [6.45, 7) is 0. The molecule has 4 heteroatoms. The molecule has 0 saturated heterocycles. The molecular weight excluding hydrogens is 164 g/mol. The summed E-state index contributed by atoms with van der Waals surface area (Å²) in [6, 6.07) is 7.13. The summed E-state index contributed by atoms with van der Waals surface area (Å²) in [5, 5.41) is 0.571. The first-order valence-corrected chi connectivity index (χ1v) is 3.42. The topological polar surface area (TPSA) is 41.1 Å². The summed E-state index contributed by atoms with van der Waals surface area (Å²) >= 11 is 5.74. The van der Waals surface area contributed by atoms with E-state index in [1.54, 1.807) is 12.1 Å². The van der Waals surface area contributed by atoms with E-state index >= 15 is 0 Å². The van der Waals surface area contributed by atoms with E-state index in [0.717, 1.165) is 0 Å². The number of carbonyl (C=O) groups is 1. The molecular formula is C7H7ClN2O. The summed E-state index contributed by atoms with van der Waals surface area (Å²) in [6.07, 6.45) is 0.545. The first-order valence-electron chi connectivity index (χ1n) is 3.04. The molecule has 0 atom stereocenters. The van der Waals surface area contributed by atoms with Gasteiger partial charge < -0.3 is 0 Å². The SMILES string of the molecule is O=CNNc1ccccc1Cl. The van der Waals surface area contributed by atoms with Crippen molar-refractivity contribution in [3.8, 4) is 0 Å². The number of benzene rings is 1. The molecule has 0 radical (unpaired) electrons. The first-order chi connectivity index (χ1) is 5.34. The molecule has 0 saturated carbocycles. The standard InChI is InChI=1S/C7H7ClN2O/c8-6-3-1-2-4-7(6)10-9-5-11/h1-5,10H,(H,9,11). The Balaban J connectivity index is 2.69. The summed E-state index contributed by atoms with van der Waals surface area (Å²) < 4.78 is 0. The maximum Gasteiger partial charge on any atom is 0.225 e. The van der Waals surface area contributed by atoms with Crippen LogP contribution in [0.2, 0.25) is 5.02 Å². The number of para-hydroxylation sites is 1. The Labute approximate surface area is 69.3 Å². The molecule has 0 aliphatic heterocycles. The molecule has 1 rings (SSSR count). The molecule has 0 heterocycles. The average molecular weight is 171 g/mol. The molecule has 11 heavy (non-hydrogen) atoms. The number of carbonyl (C=O) groups excluding carboxylic acids is 1. The summed E-state index contributed by atoms with van der Waals surface area (Å²) in [5.74, 6) is 0. The smallest absolute Gasteiger partial charge is 0.225 e. The molecule has 1 amide bonds. The van der Waals surface area contributed by atoms with E-state index in [1.807, 2.05) is 12.1 Å². The zero-order valence-electron chi connectivity index (χ0n) is 5.67. The fourth-order valence-corrected chi connectivity index (χ4v) is 0.853. The molecule has 1 aromatic rings. The Hall–Kier alpha value is -1.22. The van der Waals surface area contributed by atoms with E-state index < -0.39 is 0 Å². The fourth-order valence-electron chi connectivity index (χ4n) is 0.670. The van der Waals surface area contributed by atoms with E-state index in [2.05, 4.69) is 10.9 Å². The second-order valence-electron chi connectivity index (χ2n) is 1.87. The van der Waals surface area contributed by atoms with Gasteiger partial charge in [-0.05, 0) is 12.1 Å². The molecule has 0 fully saturated rings. The van der Waals surface area contributed by atoms with Crippen LogP contribution in [0.4, 0.5) is 5.69 Å². The zero-order chi connectivity index (χ0) is 8.10. The second-order valence-corrected chi connectivity index (χ2v) is 2.27. The molecule has 58 valence electrons. The summed E-state index contributed by atoms with van der Waals surface area (Å²) in [5.41, 5.74) is 5.58. The molecule has 0 spiro atoms. The normalized spacial score (nSPS) is 8.82. The first kappa shape index (κ1) is 7.88. The van der Waals surface area contributed by atoms with Gasteiger partial charge in [0.05, 0.1) is 10.7 Å². The second kappa shape index (κ2) is 3.83. The molecule has 0 aliphatic rings. The van der Waals surface area contributed by atoms with Crippen LogP contribution >= 0.6 is 11.6 Å². The quantitative estimate of drug-likeness (QED) is 0.532. The van der Waals surface area contributed by atoms with Crippen LogP contribution in [0.25, 0.3) is 0 Å². The third-order valence-corrected chi connectivity index (χ3v) is 1.47. The van der Waals surface area contributed by atoms with Gasteiger partial charge in [-0.25, -0.2) is 0 Å². The van der Waals surface area contributed by atoms with Gasteiger partial charge in [-0.2, -0.15) is 0 Å². The van der Waals surface area contributed by atoms with Crippen LogP contribution in [-0.2, 0) is 4.79 Å². The number of halogens is 1. The minimum atomic E-state index is 0.545. The third-order valence-electron chi connectivity index (χ3n) is 1.14. The third kappa shape index (κ3) is 2.13. The number of amides is 1. The molecule has 0 unspecified atom stereocenters. The van der Waals surface area contributed by atoms with Crippen LogP contribution in [0.15, 0.2) is 24.3 Å². The number of hydrazine groups is 1. The van der Waals surface area contributed by atoms with E-state index in [4.69, 9.17) is 11.6 Å². The van der Waals surface area contributed by atoms with Gasteiger partial charge in [0.25, 0.3) is 0 Å². The largest absolute Gasteiger partial charge is 0.297 e. The summed E-state index contributed by atoms with van der Waals surface area (Å²) in [4.78, 5) is 9.87. The highest BCUT2D eigenvalue weighted by molar-refractivity contribution is 6.33. The van der Waals surface area contributed by atoms with Gasteiger partial charge in [0.15, 0.2) is 0 Å². The number of anilines is 1. The van der Waals surface area contributed by atoms with Gasteiger partial charge in [-0.3, -0.25) is 15.6 Å². The van der Waals surface area contributed by atoms with E-state index in [-0.39, 0.29) is 0 Å². The predicted octanol–water partition coefficient (Wildman–Crippen LogP) is 1.41. The minimum Gasteiger partial charge on any atom is -0.297 e. The van der Waals surface area contributed by atoms with Crippen LogP contribution in [0.5, 0.6) is 0 Å². The molecule has 2 N–H and O–H groups in total. The van der Waals surface area contributed by atoms with Crippen molar-refractivity contribution in [1.82, 2.24) is 5.43 Å². The van der Waals surface area contributed by atoms with Crippen LogP contribution in [0.1, 0.15) is 0 Å². The Morgan fingerprint density at radius 3 is 2.73 bits per heavy atom. The van der Waals surface area contributed by atoms with Gasteiger partial charge in [-0.15, -0.1) is 0 Å². The number of hydrogen-bond donors (Lipinski definition) is 2. The zero-order valence-corrected chi connectivity index (χ0v) is 6.43. The van der Waals surface area contributed by atoms with Crippen LogP contribution in [-0.4, -0.2) is 6.41 Å². The average Bonchev–Trinajstić information content (AvgIpc) is 2.03. The highest BCUT2D eigenvalue weighted by atomic mass is 35.5. The monoisotopic (exact) mass is 170 g/mol. The van der Waals surface area contributed by atoms with Crippen LogP contribution in [0.3, 0.4) is 0 Å². The van der Waals surface area contributed by atoms with E-state index in [9.17, 15) is 4.79 Å². The molecule has 1 aromatic carbocycles. The van der Waals surface area contributed by atoms with Gasteiger partial charge in [0, 0.05) is 0 Å². The van der Waals surface area contributed by atoms with Gasteiger partial charge in [-0.1, -0.05) is 23.7 Å². The lowest BCUT2D eigenvalue weighted by Crippen LogP contribution is -2.18. The van der Waals surface area contributed by atoms with Crippen molar-refractivity contribution in [3.05, 3.63) is 29.3 Å². The Morgan fingerprint density at radius 2 is 2.09 bits per heavy atom. The lowest BCUT2D eigenvalue weighted by atomic mass is 10.3. The van der Waals surface area contributed by atoms with E-state index in [0.29, 0.717) is 17.1 Å². The van der Waals surface area contributed by atoms with Gasteiger partial charge >= 0.3 is 0 Å². The number of hydrogen-bond acceptors (Lipinski definition) is 2. The van der Waals surface area contributed by atoms with Crippen molar-refractivity contribution in [1.29, 1.82) is 0 Å². The number of nitrogens with one attached hydrogen (secondary N) is 2. The molecule has 3 nitrogen and oxygen atoms in total. The highest BCUT2D eigenvalue weighted by Crippen LogP contribution is 2.18. The van der Waals surface area contributed by atoms with Gasteiger partial charge in [0.1, 0.15) is 0 Å². The Kier molecular flexibility index (Phi) is 2.74. The van der Waals surface area contributed by atoms with Crippen molar-refractivity contribution in [3.63, 3.8) is 0 Å². The van der Waals surface area contributed by atoms with Crippen molar-refractivity contribution in [2.24, 2.45) is 0 Å². The van der Waals surface area contributed by atoms with E-state index in [1.165, 1.54) is 0 Å². The lowest BCUT2D eigenvalue weighted by Gasteiger charge is -2.04. The van der Waals surface area contributed by atoms with Crippen molar-refractivity contribution in [2.45, 2.75) is 0 Å². The van der Waals surface area contributed by atoms with Crippen molar-refractivity contribution in [2.75, 3.05) is 5.43 Å². The highest BCUT2D eigenvalue weighted by Gasteiger charge is 1.94. The fraction of sp³-hybridized carbons (Fsp3) is 0. The minimum absolute atomic E-state index is 0.545.